The van der Waals surface area contributed by atoms with E-state index in [4.69, 9.17) is 4.74 Å². The summed E-state index contributed by atoms with van der Waals surface area (Å²) in [6.45, 7) is 2.07. The van der Waals surface area contributed by atoms with Gasteiger partial charge in [0.2, 0.25) is 5.78 Å². The van der Waals surface area contributed by atoms with Gasteiger partial charge in [-0.25, -0.2) is 8.78 Å². The maximum Gasteiger partial charge on any atom is 0.368 e. The van der Waals surface area contributed by atoms with Gasteiger partial charge in [0.25, 0.3) is 0 Å². The van der Waals surface area contributed by atoms with Crippen LogP contribution in [0, 0.1) is 0 Å². The Morgan fingerprint density at radius 3 is 2.50 bits per heavy atom. The smallest absolute Gasteiger partial charge is 0.368 e. The van der Waals surface area contributed by atoms with E-state index in [1.165, 1.54) is 6.07 Å². The maximum absolute atomic E-state index is 12.9. The van der Waals surface area contributed by atoms with Gasteiger partial charge in [-0.2, -0.15) is 8.78 Å². The zero-order valence-electron chi connectivity index (χ0n) is 9.22. The summed E-state index contributed by atoms with van der Waals surface area (Å²) in [5.74, 6) is -6.26. The largest absolute Gasteiger partial charge is 0.493 e. The highest BCUT2D eigenvalue weighted by atomic mass is 79.9. The van der Waals surface area contributed by atoms with Crippen molar-refractivity contribution in [1.82, 2.24) is 0 Å². The standard InChI is InChI=1S/C11H9BrF4O2/c1-2-18-8-4-3-6(5-7(8)12)9(17)11(15,16)10(13)14/h3-5,10H,2H2,1H3. The van der Waals surface area contributed by atoms with Gasteiger partial charge in [-0.05, 0) is 41.1 Å². The molecule has 0 aliphatic rings. The first-order valence-corrected chi connectivity index (χ1v) is 5.73. The van der Waals surface area contributed by atoms with Crippen molar-refractivity contribution in [3.05, 3.63) is 28.2 Å². The fourth-order valence-electron chi connectivity index (χ4n) is 1.21. The van der Waals surface area contributed by atoms with Crippen molar-refractivity contribution in [1.29, 1.82) is 0 Å². The number of Topliss-reactive ketones (excluding diaryl/α,β-unsaturated/α-hetero) is 1. The van der Waals surface area contributed by atoms with Gasteiger partial charge >= 0.3 is 12.3 Å². The molecule has 18 heavy (non-hydrogen) atoms. The fourth-order valence-corrected chi connectivity index (χ4v) is 1.70. The Labute approximate surface area is 109 Å². The number of benzene rings is 1. The van der Waals surface area contributed by atoms with Gasteiger partial charge in [-0.1, -0.05) is 0 Å². The highest BCUT2D eigenvalue weighted by molar-refractivity contribution is 9.10. The first-order valence-electron chi connectivity index (χ1n) is 4.93. The van der Waals surface area contributed by atoms with E-state index in [0.717, 1.165) is 12.1 Å². The molecule has 0 radical (unpaired) electrons. The van der Waals surface area contributed by atoms with Crippen LogP contribution >= 0.6 is 15.9 Å². The average molecular weight is 329 g/mol. The van der Waals surface area contributed by atoms with Crippen molar-refractivity contribution < 1.29 is 27.1 Å². The lowest BCUT2D eigenvalue weighted by Gasteiger charge is -2.14. The number of rotatable bonds is 5. The molecule has 0 N–H and O–H groups in total. The molecule has 0 atom stereocenters. The number of carbonyl (C=O) groups is 1. The van der Waals surface area contributed by atoms with E-state index in [0.29, 0.717) is 12.4 Å². The van der Waals surface area contributed by atoms with E-state index in [2.05, 4.69) is 15.9 Å². The number of hydrogen-bond donors (Lipinski definition) is 0. The van der Waals surface area contributed by atoms with E-state index in [9.17, 15) is 22.4 Å². The Kier molecular flexibility index (Phi) is 4.72. The lowest BCUT2D eigenvalue weighted by atomic mass is 10.1. The van der Waals surface area contributed by atoms with Crippen molar-refractivity contribution in [3.63, 3.8) is 0 Å². The summed E-state index contributed by atoms with van der Waals surface area (Å²) in [5.41, 5.74) is -0.504. The number of carbonyl (C=O) groups excluding carboxylic acids is 1. The molecule has 2 nitrogen and oxygen atoms in total. The second-order valence-corrected chi connectivity index (χ2v) is 4.19. The molecule has 1 aromatic rings. The minimum absolute atomic E-state index is 0.250. The van der Waals surface area contributed by atoms with E-state index in [1.807, 2.05) is 0 Å². The summed E-state index contributed by atoms with van der Waals surface area (Å²) in [5, 5.41) is 0. The molecule has 0 heterocycles. The van der Waals surface area contributed by atoms with E-state index in [1.54, 1.807) is 6.92 Å². The van der Waals surface area contributed by atoms with Gasteiger partial charge < -0.3 is 4.74 Å². The molecule has 0 spiro atoms. The van der Waals surface area contributed by atoms with E-state index in [-0.39, 0.29) is 4.47 Å². The Morgan fingerprint density at radius 1 is 1.44 bits per heavy atom. The molecule has 1 rings (SSSR count). The van der Waals surface area contributed by atoms with Crippen LogP contribution in [0.25, 0.3) is 0 Å². The van der Waals surface area contributed by atoms with Gasteiger partial charge in [0, 0.05) is 5.56 Å². The number of alkyl halides is 4. The highest BCUT2D eigenvalue weighted by Crippen LogP contribution is 2.31. The number of hydrogen-bond acceptors (Lipinski definition) is 2. The molecule has 0 aliphatic carbocycles. The zero-order valence-corrected chi connectivity index (χ0v) is 10.8. The van der Waals surface area contributed by atoms with E-state index < -0.39 is 23.7 Å². The number of ether oxygens (including phenoxy) is 1. The van der Waals surface area contributed by atoms with Crippen molar-refractivity contribution in [2.45, 2.75) is 19.3 Å². The molecule has 0 amide bonds. The SMILES string of the molecule is CCOc1ccc(C(=O)C(F)(F)C(F)F)cc1Br. The average Bonchev–Trinajstić information content (AvgIpc) is 2.30. The summed E-state index contributed by atoms with van der Waals surface area (Å²) in [6, 6.07) is 3.32. The van der Waals surface area contributed by atoms with Crippen LogP contribution in [0.1, 0.15) is 17.3 Å². The van der Waals surface area contributed by atoms with Crippen LogP contribution in [-0.2, 0) is 0 Å². The second kappa shape index (κ2) is 5.69. The van der Waals surface area contributed by atoms with Gasteiger partial charge in [0.15, 0.2) is 0 Å². The molecule has 0 aliphatic heterocycles. The van der Waals surface area contributed by atoms with Gasteiger partial charge in [0.05, 0.1) is 11.1 Å². The second-order valence-electron chi connectivity index (χ2n) is 3.33. The molecule has 0 aromatic heterocycles. The molecule has 100 valence electrons. The molecule has 0 fully saturated rings. The van der Waals surface area contributed by atoms with Crippen LogP contribution in [0.4, 0.5) is 17.6 Å². The van der Waals surface area contributed by atoms with Gasteiger partial charge in [-0.3, -0.25) is 4.79 Å². The van der Waals surface area contributed by atoms with Crippen LogP contribution in [-0.4, -0.2) is 24.7 Å². The highest BCUT2D eigenvalue weighted by Gasteiger charge is 2.49. The summed E-state index contributed by atoms with van der Waals surface area (Å²) >= 11 is 3.01. The molecule has 0 saturated carbocycles. The molecule has 1 aromatic carbocycles. The van der Waals surface area contributed by atoms with Gasteiger partial charge in [0.1, 0.15) is 5.75 Å². The zero-order chi connectivity index (χ0) is 13.9. The van der Waals surface area contributed by atoms with Crippen LogP contribution in [0.5, 0.6) is 5.75 Å². The number of ketones is 1. The van der Waals surface area contributed by atoms with Crippen molar-refractivity contribution in [2.24, 2.45) is 0 Å². The van der Waals surface area contributed by atoms with Crippen molar-refractivity contribution >= 4 is 21.7 Å². The minimum atomic E-state index is -4.69. The Hall–Kier alpha value is -1.11. The summed E-state index contributed by atoms with van der Waals surface area (Å²) < 4.78 is 55.2. The molecule has 7 heteroatoms. The first kappa shape index (κ1) is 14.9. The monoisotopic (exact) mass is 328 g/mol. The van der Waals surface area contributed by atoms with Crippen molar-refractivity contribution in [2.75, 3.05) is 6.61 Å². The predicted molar refractivity (Wildman–Crippen MR) is 60.6 cm³/mol. The van der Waals surface area contributed by atoms with Crippen LogP contribution in [0.15, 0.2) is 22.7 Å². The molecular formula is C11H9BrF4O2. The molecular weight excluding hydrogens is 320 g/mol. The van der Waals surface area contributed by atoms with Crippen LogP contribution < -0.4 is 4.74 Å². The lowest BCUT2D eigenvalue weighted by Crippen LogP contribution is -2.36. The number of halogens is 5. The van der Waals surface area contributed by atoms with Gasteiger partial charge in [-0.15, -0.1) is 0 Å². The van der Waals surface area contributed by atoms with E-state index >= 15 is 0 Å². The normalized spacial score (nSPS) is 11.7. The summed E-state index contributed by atoms with van der Waals surface area (Å²) in [4.78, 5) is 11.2. The molecule has 0 unspecified atom stereocenters. The Bertz CT molecular complexity index is 449. The third kappa shape index (κ3) is 3.01. The quantitative estimate of drug-likeness (QED) is 0.604. The third-order valence-electron chi connectivity index (χ3n) is 2.07. The van der Waals surface area contributed by atoms with Crippen molar-refractivity contribution in [3.8, 4) is 5.75 Å². The third-order valence-corrected chi connectivity index (χ3v) is 2.69. The van der Waals surface area contributed by atoms with Crippen LogP contribution in [0.3, 0.4) is 0 Å². The summed E-state index contributed by atoms with van der Waals surface area (Å²) in [6.07, 6.45) is -4.03. The minimum Gasteiger partial charge on any atom is -0.493 e. The fraction of sp³-hybridized carbons (Fsp3) is 0.364. The Morgan fingerprint density at radius 2 is 2.06 bits per heavy atom. The topological polar surface area (TPSA) is 26.3 Å². The lowest BCUT2D eigenvalue weighted by molar-refractivity contribution is -0.0958. The molecule has 0 bridgehead atoms. The molecule has 0 saturated heterocycles. The summed E-state index contributed by atoms with van der Waals surface area (Å²) in [7, 11) is 0. The predicted octanol–water partition coefficient (Wildman–Crippen LogP) is 3.93. The Balaban J connectivity index is 3.05. The van der Waals surface area contributed by atoms with Crippen LogP contribution in [0.2, 0.25) is 0 Å². The first-order chi connectivity index (χ1) is 8.30. The maximum atomic E-state index is 12.9.